The third-order valence-electron chi connectivity index (χ3n) is 3.37. The molecule has 1 rings (SSSR count). The summed E-state index contributed by atoms with van der Waals surface area (Å²) in [4.78, 5) is 0. The summed E-state index contributed by atoms with van der Waals surface area (Å²) in [6.45, 7) is 10.6. The van der Waals surface area contributed by atoms with E-state index in [-0.39, 0.29) is 6.10 Å². The molecule has 0 spiro atoms. The van der Waals surface area contributed by atoms with Crippen molar-refractivity contribution in [1.29, 1.82) is 0 Å². The predicted octanol–water partition coefficient (Wildman–Crippen LogP) is 3.66. The van der Waals surface area contributed by atoms with E-state index >= 15 is 0 Å². The van der Waals surface area contributed by atoms with Crippen LogP contribution in [-0.4, -0.2) is 25.3 Å². The maximum Gasteiger partial charge on any atom is 0.0753 e. The Hall–Kier alpha value is -0.860. The number of rotatable bonds is 9. The normalized spacial score (nSPS) is 14.6. The molecule has 0 saturated heterocycles. The molecule has 0 amide bonds. The molecule has 2 heteroatoms. The van der Waals surface area contributed by atoms with Gasteiger partial charge in [-0.15, -0.1) is 0 Å². The second-order valence-electron chi connectivity index (χ2n) is 5.41. The van der Waals surface area contributed by atoms with Crippen molar-refractivity contribution in [3.63, 3.8) is 0 Å². The Labute approximate surface area is 118 Å². The van der Waals surface area contributed by atoms with Gasteiger partial charge in [0.25, 0.3) is 0 Å². The fourth-order valence-electron chi connectivity index (χ4n) is 2.47. The topological polar surface area (TPSA) is 21.3 Å². The molecule has 0 saturated carbocycles. The van der Waals surface area contributed by atoms with Crippen molar-refractivity contribution in [2.75, 3.05) is 13.2 Å². The molecule has 1 aromatic rings. The maximum atomic E-state index is 5.97. The quantitative estimate of drug-likeness (QED) is 0.734. The Morgan fingerprint density at radius 2 is 1.79 bits per heavy atom. The third kappa shape index (κ3) is 5.75. The maximum absolute atomic E-state index is 5.97. The van der Waals surface area contributed by atoms with Gasteiger partial charge in [-0.3, -0.25) is 0 Å². The minimum Gasteiger partial charge on any atom is -0.377 e. The SMILES string of the molecule is CCCNC(Cc1ccccc1)C(OCC)C(C)C. The van der Waals surface area contributed by atoms with E-state index in [1.54, 1.807) is 0 Å². The zero-order valence-corrected chi connectivity index (χ0v) is 12.9. The zero-order valence-electron chi connectivity index (χ0n) is 12.9. The van der Waals surface area contributed by atoms with E-state index in [2.05, 4.69) is 63.3 Å². The van der Waals surface area contributed by atoms with Crippen LogP contribution in [0.2, 0.25) is 0 Å². The summed E-state index contributed by atoms with van der Waals surface area (Å²) in [6, 6.07) is 11.1. The molecule has 108 valence electrons. The number of ether oxygens (including phenoxy) is 1. The molecule has 0 radical (unpaired) electrons. The third-order valence-corrected chi connectivity index (χ3v) is 3.37. The molecule has 2 nitrogen and oxygen atoms in total. The summed E-state index contributed by atoms with van der Waals surface area (Å²) >= 11 is 0. The van der Waals surface area contributed by atoms with Gasteiger partial charge in [0.2, 0.25) is 0 Å². The summed E-state index contributed by atoms with van der Waals surface area (Å²) < 4.78 is 5.97. The highest BCUT2D eigenvalue weighted by Gasteiger charge is 2.24. The lowest BCUT2D eigenvalue weighted by atomic mass is 9.93. The van der Waals surface area contributed by atoms with E-state index in [0.29, 0.717) is 12.0 Å². The van der Waals surface area contributed by atoms with E-state index in [1.165, 1.54) is 5.56 Å². The predicted molar refractivity (Wildman–Crippen MR) is 82.5 cm³/mol. The van der Waals surface area contributed by atoms with Gasteiger partial charge < -0.3 is 10.1 Å². The van der Waals surface area contributed by atoms with Crippen LogP contribution in [0.25, 0.3) is 0 Å². The first-order chi connectivity index (χ1) is 9.19. The molecule has 2 atom stereocenters. The van der Waals surface area contributed by atoms with Crippen LogP contribution < -0.4 is 5.32 Å². The van der Waals surface area contributed by atoms with Crippen molar-refractivity contribution >= 4 is 0 Å². The van der Waals surface area contributed by atoms with Gasteiger partial charge in [0.05, 0.1) is 6.10 Å². The molecule has 0 aliphatic carbocycles. The molecular formula is C17H29NO. The first-order valence-electron chi connectivity index (χ1n) is 7.57. The van der Waals surface area contributed by atoms with Gasteiger partial charge in [0, 0.05) is 12.6 Å². The van der Waals surface area contributed by atoms with Crippen LogP contribution in [-0.2, 0) is 11.2 Å². The highest BCUT2D eigenvalue weighted by molar-refractivity contribution is 5.16. The van der Waals surface area contributed by atoms with Gasteiger partial charge in [0.1, 0.15) is 0 Å². The number of hydrogen-bond acceptors (Lipinski definition) is 2. The number of hydrogen-bond donors (Lipinski definition) is 1. The molecule has 0 aliphatic heterocycles. The number of nitrogens with one attached hydrogen (secondary N) is 1. The van der Waals surface area contributed by atoms with E-state index in [4.69, 9.17) is 4.74 Å². The molecule has 19 heavy (non-hydrogen) atoms. The summed E-state index contributed by atoms with van der Waals surface area (Å²) in [5, 5.41) is 3.66. The Morgan fingerprint density at radius 1 is 1.11 bits per heavy atom. The van der Waals surface area contributed by atoms with Crippen LogP contribution in [0, 0.1) is 5.92 Å². The second-order valence-corrected chi connectivity index (χ2v) is 5.41. The minimum absolute atomic E-state index is 0.275. The van der Waals surface area contributed by atoms with Crippen molar-refractivity contribution in [1.82, 2.24) is 5.32 Å². The van der Waals surface area contributed by atoms with E-state index < -0.39 is 0 Å². The highest BCUT2D eigenvalue weighted by atomic mass is 16.5. The second kappa shape index (κ2) is 9.11. The van der Waals surface area contributed by atoms with Gasteiger partial charge >= 0.3 is 0 Å². The molecule has 0 aromatic heterocycles. The zero-order chi connectivity index (χ0) is 14.1. The Bertz CT molecular complexity index is 323. The number of benzene rings is 1. The van der Waals surface area contributed by atoms with Crippen LogP contribution in [0.4, 0.5) is 0 Å². The fourth-order valence-corrected chi connectivity index (χ4v) is 2.47. The van der Waals surface area contributed by atoms with Crippen LogP contribution in [0.1, 0.15) is 39.7 Å². The summed E-state index contributed by atoms with van der Waals surface area (Å²) in [6.07, 6.45) is 2.46. The molecule has 0 heterocycles. The molecular weight excluding hydrogens is 234 g/mol. The lowest BCUT2D eigenvalue weighted by Gasteiger charge is -2.31. The van der Waals surface area contributed by atoms with Gasteiger partial charge in [-0.05, 0) is 37.8 Å². The molecule has 0 aliphatic rings. The highest BCUT2D eigenvalue weighted by Crippen LogP contribution is 2.16. The first-order valence-corrected chi connectivity index (χ1v) is 7.57. The van der Waals surface area contributed by atoms with E-state index in [0.717, 1.165) is 26.0 Å². The first kappa shape index (κ1) is 16.2. The fraction of sp³-hybridized carbons (Fsp3) is 0.647. The van der Waals surface area contributed by atoms with E-state index in [1.807, 2.05) is 0 Å². The Balaban J connectivity index is 2.74. The Kier molecular flexibility index (Phi) is 7.76. The van der Waals surface area contributed by atoms with Gasteiger partial charge in [-0.25, -0.2) is 0 Å². The van der Waals surface area contributed by atoms with E-state index in [9.17, 15) is 0 Å². The molecule has 1 aromatic carbocycles. The largest absolute Gasteiger partial charge is 0.377 e. The average Bonchev–Trinajstić information content (AvgIpc) is 2.42. The van der Waals surface area contributed by atoms with Crippen molar-refractivity contribution in [3.05, 3.63) is 35.9 Å². The Morgan fingerprint density at radius 3 is 2.32 bits per heavy atom. The lowest BCUT2D eigenvalue weighted by molar-refractivity contribution is 0.00362. The lowest BCUT2D eigenvalue weighted by Crippen LogP contribution is -2.46. The summed E-state index contributed by atoms with van der Waals surface area (Å²) in [7, 11) is 0. The minimum atomic E-state index is 0.275. The van der Waals surface area contributed by atoms with Crippen LogP contribution in [0.3, 0.4) is 0 Å². The van der Waals surface area contributed by atoms with Gasteiger partial charge in [0.15, 0.2) is 0 Å². The van der Waals surface area contributed by atoms with Crippen molar-refractivity contribution < 1.29 is 4.74 Å². The average molecular weight is 263 g/mol. The van der Waals surface area contributed by atoms with Crippen LogP contribution in [0.5, 0.6) is 0 Å². The molecule has 0 fully saturated rings. The molecule has 0 bridgehead atoms. The summed E-state index contributed by atoms with van der Waals surface area (Å²) in [5.41, 5.74) is 1.38. The van der Waals surface area contributed by atoms with Crippen molar-refractivity contribution in [3.8, 4) is 0 Å². The van der Waals surface area contributed by atoms with Crippen LogP contribution in [0.15, 0.2) is 30.3 Å². The molecule has 1 N–H and O–H groups in total. The van der Waals surface area contributed by atoms with Crippen LogP contribution >= 0.6 is 0 Å². The van der Waals surface area contributed by atoms with Crippen molar-refractivity contribution in [2.45, 2.75) is 52.7 Å². The smallest absolute Gasteiger partial charge is 0.0753 e. The standard InChI is InChI=1S/C17H29NO/c1-5-12-18-16(17(14(3)4)19-6-2)13-15-10-8-7-9-11-15/h7-11,14,16-18H,5-6,12-13H2,1-4H3. The molecule has 2 unspecified atom stereocenters. The van der Waals surface area contributed by atoms with Gasteiger partial charge in [-0.2, -0.15) is 0 Å². The van der Waals surface area contributed by atoms with Gasteiger partial charge in [-0.1, -0.05) is 51.1 Å². The van der Waals surface area contributed by atoms with Crippen molar-refractivity contribution in [2.24, 2.45) is 5.92 Å². The summed E-state index contributed by atoms with van der Waals surface area (Å²) in [5.74, 6) is 0.526. The monoisotopic (exact) mass is 263 g/mol.